The van der Waals surface area contributed by atoms with Crippen LogP contribution in [0.1, 0.15) is 11.6 Å². The summed E-state index contributed by atoms with van der Waals surface area (Å²) in [5, 5.41) is 4.37. The van der Waals surface area contributed by atoms with E-state index in [0.717, 1.165) is 5.56 Å². The Morgan fingerprint density at radius 2 is 1.85 bits per heavy atom. The highest BCUT2D eigenvalue weighted by Crippen LogP contribution is 2.23. The van der Waals surface area contributed by atoms with E-state index in [0.29, 0.717) is 10.0 Å². The van der Waals surface area contributed by atoms with Crippen molar-refractivity contribution in [1.29, 1.82) is 0 Å². The van der Waals surface area contributed by atoms with Crippen LogP contribution in [0.5, 0.6) is 0 Å². The molecule has 0 bridgehead atoms. The Morgan fingerprint density at radius 1 is 1.31 bits per heavy atom. The number of likely N-dealkylation sites (N-methyl/N-ethyl adjacent to an activating group) is 1. The summed E-state index contributed by atoms with van der Waals surface area (Å²) in [5.41, 5.74) is 1.02. The molecule has 1 unspecified atom stereocenters. The van der Waals surface area contributed by atoms with Gasteiger partial charge in [-0.15, -0.1) is 6.58 Å². The highest BCUT2D eigenvalue weighted by molar-refractivity contribution is 6.34. The predicted octanol–water partition coefficient (Wildman–Crippen LogP) is 3.44. The summed E-state index contributed by atoms with van der Waals surface area (Å²) in [6, 6.07) is 5.55. The van der Waals surface area contributed by atoms with Gasteiger partial charge in [0.05, 0.1) is 6.04 Å². The van der Waals surface area contributed by atoms with E-state index >= 15 is 0 Å². The van der Waals surface area contributed by atoms with Crippen molar-refractivity contribution in [3.63, 3.8) is 0 Å². The lowest BCUT2D eigenvalue weighted by Gasteiger charge is -2.12. The molecule has 0 aliphatic rings. The minimum absolute atomic E-state index is 0.0937. The van der Waals surface area contributed by atoms with Crippen LogP contribution in [0, 0.1) is 0 Å². The van der Waals surface area contributed by atoms with Gasteiger partial charge < -0.3 is 5.32 Å². The summed E-state index contributed by atoms with van der Waals surface area (Å²) >= 11 is 11.7. The van der Waals surface area contributed by atoms with E-state index in [4.69, 9.17) is 23.2 Å². The minimum Gasteiger partial charge on any atom is -0.310 e. The SMILES string of the molecule is C=CC(NC)c1cc(Cl)cc(Cl)c1. The number of hydrogen-bond acceptors (Lipinski definition) is 1. The van der Waals surface area contributed by atoms with Crippen LogP contribution in [-0.4, -0.2) is 7.05 Å². The second-order valence-corrected chi connectivity index (χ2v) is 3.58. The monoisotopic (exact) mass is 215 g/mol. The fraction of sp³-hybridized carbons (Fsp3) is 0.200. The van der Waals surface area contributed by atoms with Crippen LogP contribution in [0.15, 0.2) is 30.9 Å². The van der Waals surface area contributed by atoms with E-state index < -0.39 is 0 Å². The van der Waals surface area contributed by atoms with Gasteiger partial charge in [-0.25, -0.2) is 0 Å². The molecule has 0 aliphatic heterocycles. The Hall–Kier alpha value is -0.500. The van der Waals surface area contributed by atoms with E-state index in [1.54, 1.807) is 6.07 Å². The largest absolute Gasteiger partial charge is 0.310 e. The second-order valence-electron chi connectivity index (χ2n) is 2.70. The molecule has 0 spiro atoms. The summed E-state index contributed by atoms with van der Waals surface area (Å²) in [6.07, 6.45) is 1.81. The first-order chi connectivity index (χ1) is 6.17. The first kappa shape index (κ1) is 10.6. The highest BCUT2D eigenvalue weighted by Gasteiger charge is 2.05. The van der Waals surface area contributed by atoms with Crippen molar-refractivity contribution < 1.29 is 0 Å². The van der Waals surface area contributed by atoms with Gasteiger partial charge in [0.1, 0.15) is 0 Å². The maximum Gasteiger partial charge on any atom is 0.0502 e. The molecule has 0 radical (unpaired) electrons. The third kappa shape index (κ3) is 2.73. The van der Waals surface area contributed by atoms with Crippen LogP contribution in [0.3, 0.4) is 0 Å². The third-order valence-electron chi connectivity index (χ3n) is 1.79. The molecule has 1 rings (SSSR count). The van der Waals surface area contributed by atoms with Gasteiger partial charge in [0.25, 0.3) is 0 Å². The topological polar surface area (TPSA) is 12.0 Å². The van der Waals surface area contributed by atoms with Gasteiger partial charge in [0.15, 0.2) is 0 Å². The zero-order valence-electron chi connectivity index (χ0n) is 7.35. The summed E-state index contributed by atoms with van der Waals surface area (Å²) in [6.45, 7) is 3.72. The van der Waals surface area contributed by atoms with Crippen molar-refractivity contribution >= 4 is 23.2 Å². The van der Waals surface area contributed by atoms with Gasteiger partial charge >= 0.3 is 0 Å². The van der Waals surface area contributed by atoms with Crippen molar-refractivity contribution in [2.45, 2.75) is 6.04 Å². The van der Waals surface area contributed by atoms with Gasteiger partial charge in [0, 0.05) is 10.0 Å². The standard InChI is InChI=1S/C10H11Cl2N/c1-3-10(13-2)7-4-8(11)6-9(12)5-7/h3-6,10,13H,1H2,2H3. The summed E-state index contributed by atoms with van der Waals surface area (Å²) in [4.78, 5) is 0. The van der Waals surface area contributed by atoms with E-state index in [2.05, 4.69) is 11.9 Å². The van der Waals surface area contributed by atoms with Gasteiger partial charge in [-0.2, -0.15) is 0 Å². The van der Waals surface area contributed by atoms with Crippen molar-refractivity contribution in [2.75, 3.05) is 7.05 Å². The van der Waals surface area contributed by atoms with E-state index in [1.165, 1.54) is 0 Å². The molecule has 13 heavy (non-hydrogen) atoms. The molecule has 1 N–H and O–H groups in total. The molecule has 0 aromatic heterocycles. The van der Waals surface area contributed by atoms with Crippen molar-refractivity contribution in [2.24, 2.45) is 0 Å². The molecule has 3 heteroatoms. The molecule has 0 fully saturated rings. The van der Waals surface area contributed by atoms with Crippen LogP contribution in [0.4, 0.5) is 0 Å². The van der Waals surface area contributed by atoms with Gasteiger partial charge in [-0.3, -0.25) is 0 Å². The lowest BCUT2D eigenvalue weighted by atomic mass is 10.1. The molecule has 1 aromatic carbocycles. The Balaban J connectivity index is 3.05. The Labute approximate surface area is 88.4 Å². The molecule has 0 aliphatic carbocycles. The molecular weight excluding hydrogens is 205 g/mol. The number of nitrogens with one attached hydrogen (secondary N) is 1. The summed E-state index contributed by atoms with van der Waals surface area (Å²) in [7, 11) is 1.86. The molecular formula is C10H11Cl2N. The molecule has 0 saturated carbocycles. The number of hydrogen-bond donors (Lipinski definition) is 1. The molecule has 0 amide bonds. The zero-order chi connectivity index (χ0) is 9.84. The Morgan fingerprint density at radius 3 is 2.23 bits per heavy atom. The maximum absolute atomic E-state index is 5.86. The lowest BCUT2D eigenvalue weighted by molar-refractivity contribution is 0.716. The maximum atomic E-state index is 5.86. The average molecular weight is 216 g/mol. The van der Waals surface area contributed by atoms with Crippen molar-refractivity contribution in [1.82, 2.24) is 5.32 Å². The minimum atomic E-state index is 0.0937. The van der Waals surface area contributed by atoms with Crippen molar-refractivity contribution in [3.05, 3.63) is 46.5 Å². The predicted molar refractivity (Wildman–Crippen MR) is 58.5 cm³/mol. The zero-order valence-corrected chi connectivity index (χ0v) is 8.86. The van der Waals surface area contributed by atoms with E-state index in [-0.39, 0.29) is 6.04 Å². The quantitative estimate of drug-likeness (QED) is 0.763. The number of rotatable bonds is 3. The van der Waals surface area contributed by atoms with Gasteiger partial charge in [-0.1, -0.05) is 29.3 Å². The molecule has 1 atom stereocenters. The molecule has 1 nitrogen and oxygen atoms in total. The fourth-order valence-electron chi connectivity index (χ4n) is 1.18. The second kappa shape index (κ2) is 4.66. The Kier molecular flexibility index (Phi) is 3.79. The van der Waals surface area contributed by atoms with Crippen LogP contribution in [0.25, 0.3) is 0 Å². The molecule has 0 saturated heterocycles. The van der Waals surface area contributed by atoms with Gasteiger partial charge in [0.2, 0.25) is 0 Å². The smallest absolute Gasteiger partial charge is 0.0502 e. The Bertz CT molecular complexity index is 290. The van der Waals surface area contributed by atoms with E-state index in [9.17, 15) is 0 Å². The van der Waals surface area contributed by atoms with Crippen LogP contribution < -0.4 is 5.32 Å². The van der Waals surface area contributed by atoms with Crippen molar-refractivity contribution in [3.8, 4) is 0 Å². The molecule has 0 heterocycles. The highest BCUT2D eigenvalue weighted by atomic mass is 35.5. The van der Waals surface area contributed by atoms with Crippen LogP contribution in [0.2, 0.25) is 10.0 Å². The normalized spacial score (nSPS) is 12.5. The summed E-state index contributed by atoms with van der Waals surface area (Å²) < 4.78 is 0. The fourth-order valence-corrected chi connectivity index (χ4v) is 1.72. The van der Waals surface area contributed by atoms with Crippen LogP contribution >= 0.6 is 23.2 Å². The first-order valence-corrected chi connectivity index (χ1v) is 4.68. The third-order valence-corrected chi connectivity index (χ3v) is 2.23. The molecule has 70 valence electrons. The first-order valence-electron chi connectivity index (χ1n) is 3.93. The number of benzene rings is 1. The number of halogens is 2. The summed E-state index contributed by atoms with van der Waals surface area (Å²) in [5.74, 6) is 0. The lowest BCUT2D eigenvalue weighted by Crippen LogP contribution is -2.13. The molecule has 1 aromatic rings. The average Bonchev–Trinajstić information content (AvgIpc) is 2.04. The van der Waals surface area contributed by atoms with Crippen LogP contribution in [-0.2, 0) is 0 Å². The van der Waals surface area contributed by atoms with E-state index in [1.807, 2.05) is 25.3 Å². The van der Waals surface area contributed by atoms with Gasteiger partial charge in [-0.05, 0) is 30.8 Å².